The van der Waals surface area contributed by atoms with Crippen molar-refractivity contribution in [1.82, 2.24) is 0 Å². The number of rotatable bonds is 4. The van der Waals surface area contributed by atoms with Crippen molar-refractivity contribution in [3.63, 3.8) is 0 Å². The Hall–Kier alpha value is -4.76. The molecule has 0 saturated heterocycles. The quantitative estimate of drug-likeness (QED) is 0.143. The molecule has 0 nitrogen and oxygen atoms in total. The third kappa shape index (κ3) is 3.67. The number of hydrogen-bond acceptors (Lipinski definition) is 2. The van der Waals surface area contributed by atoms with Gasteiger partial charge in [0.05, 0.1) is 0 Å². The molecule has 0 aliphatic carbocycles. The molecule has 9 aromatic rings. The van der Waals surface area contributed by atoms with Crippen LogP contribution in [0.4, 0.5) is 0 Å². The van der Waals surface area contributed by atoms with Gasteiger partial charge in [0.15, 0.2) is 0 Å². The molecule has 43 heavy (non-hydrogen) atoms. The molecule has 0 atom stereocenters. The second kappa shape index (κ2) is 9.37. The molecule has 0 bridgehead atoms. The van der Waals surface area contributed by atoms with Crippen molar-refractivity contribution >= 4 is 91.3 Å². The number of benzene rings is 7. The van der Waals surface area contributed by atoms with Gasteiger partial charge >= 0.3 is 0 Å². The van der Waals surface area contributed by atoms with Crippen molar-refractivity contribution in [1.29, 1.82) is 0 Å². The summed E-state index contributed by atoms with van der Waals surface area (Å²) in [6.07, 6.45) is 6.03. The van der Waals surface area contributed by atoms with Gasteiger partial charge in [0, 0.05) is 29.7 Å². The summed E-state index contributed by atoms with van der Waals surface area (Å²) in [4.78, 5) is 1.29. The summed E-state index contributed by atoms with van der Waals surface area (Å²) in [5.41, 5.74) is 6.45. The Labute approximate surface area is 257 Å². The fourth-order valence-electron chi connectivity index (χ4n) is 6.92. The van der Waals surface area contributed by atoms with Crippen LogP contribution in [0, 0.1) is 6.92 Å². The van der Waals surface area contributed by atoms with Crippen LogP contribution in [0.5, 0.6) is 0 Å². The molecule has 202 valence electrons. The molecule has 0 aliphatic rings. The minimum Gasteiger partial charge on any atom is -0.136 e. The van der Waals surface area contributed by atoms with E-state index in [2.05, 4.69) is 129 Å². The van der Waals surface area contributed by atoms with Crippen molar-refractivity contribution in [3.05, 3.63) is 138 Å². The lowest BCUT2D eigenvalue weighted by atomic mass is 9.87. The predicted molar refractivity (Wildman–Crippen MR) is 193 cm³/mol. The molecule has 0 aliphatic heterocycles. The maximum Gasteiger partial charge on any atom is 0.0355 e. The van der Waals surface area contributed by atoms with E-state index in [0.717, 1.165) is 0 Å². The Kier molecular flexibility index (Phi) is 5.41. The molecule has 0 saturated carbocycles. The molecule has 0 N–H and O–H groups in total. The normalized spacial score (nSPS) is 12.3. The van der Waals surface area contributed by atoms with Crippen LogP contribution in [0.2, 0.25) is 0 Å². The maximum absolute atomic E-state index is 3.84. The first-order valence-electron chi connectivity index (χ1n) is 14.6. The van der Waals surface area contributed by atoms with Crippen LogP contribution in [0.3, 0.4) is 0 Å². The summed E-state index contributed by atoms with van der Waals surface area (Å²) in [6, 6.07) is 41.2. The van der Waals surface area contributed by atoms with E-state index in [-0.39, 0.29) is 0 Å². The second-order valence-electron chi connectivity index (χ2n) is 11.4. The van der Waals surface area contributed by atoms with Gasteiger partial charge in [-0.1, -0.05) is 97.6 Å². The number of allylic oxidation sites excluding steroid dienone is 2. The van der Waals surface area contributed by atoms with Crippen LogP contribution in [0.15, 0.2) is 128 Å². The lowest BCUT2D eigenvalue weighted by Gasteiger charge is -2.17. The lowest BCUT2D eigenvalue weighted by molar-refractivity contribution is 1.57. The summed E-state index contributed by atoms with van der Waals surface area (Å²) in [5.74, 6) is 0. The molecule has 0 radical (unpaired) electrons. The van der Waals surface area contributed by atoms with Crippen LogP contribution in [0.25, 0.3) is 90.9 Å². The minimum atomic E-state index is 1.26. The van der Waals surface area contributed by atoms with Gasteiger partial charge in [-0.25, -0.2) is 0 Å². The topological polar surface area (TPSA) is 0 Å². The van der Waals surface area contributed by atoms with Gasteiger partial charge in [-0.3, -0.25) is 0 Å². The van der Waals surface area contributed by atoms with Crippen LogP contribution < -0.4 is 0 Å². The number of hydrogen-bond donors (Lipinski definition) is 0. The van der Waals surface area contributed by atoms with E-state index in [9.17, 15) is 0 Å². The maximum atomic E-state index is 3.84. The van der Waals surface area contributed by atoms with Crippen molar-refractivity contribution in [2.75, 3.05) is 0 Å². The van der Waals surface area contributed by atoms with E-state index in [1.54, 1.807) is 0 Å². The predicted octanol–water partition coefficient (Wildman–Crippen LogP) is 13.0. The first-order chi connectivity index (χ1) is 21.2. The first kappa shape index (κ1) is 24.8. The van der Waals surface area contributed by atoms with Gasteiger partial charge in [-0.2, -0.15) is 0 Å². The summed E-state index contributed by atoms with van der Waals surface area (Å²) in [7, 11) is 0. The molecule has 0 amide bonds. The zero-order valence-electron chi connectivity index (χ0n) is 23.6. The highest BCUT2D eigenvalue weighted by Crippen LogP contribution is 2.44. The molecule has 2 aromatic heterocycles. The van der Waals surface area contributed by atoms with E-state index in [0.29, 0.717) is 0 Å². The summed E-state index contributed by atoms with van der Waals surface area (Å²) < 4.78 is 4.01. The largest absolute Gasteiger partial charge is 0.136 e. The molecule has 0 spiro atoms. The second-order valence-corrected chi connectivity index (χ2v) is 13.5. The third-order valence-corrected chi connectivity index (χ3v) is 11.4. The van der Waals surface area contributed by atoms with Crippen molar-refractivity contribution in [2.45, 2.75) is 6.92 Å². The highest BCUT2D eigenvalue weighted by Gasteiger charge is 2.16. The summed E-state index contributed by atoms with van der Waals surface area (Å²) in [6.45, 7) is 6.07. The standard InChI is InChI=1S/C41H26S2/c1-3-4-8-36-24(2)34-22-27(14-20-38(34)42-36)29-16-10-25-13-19-33-30(17-11-26-12-18-32(29)40(25)41(26)33)28-15-21-39-35(23-28)31-7-5-6-9-37(31)43-39/h3-23H,1H2,2H3/b8-4-. The lowest BCUT2D eigenvalue weighted by Crippen LogP contribution is -1.89. The Morgan fingerprint density at radius 3 is 1.79 bits per heavy atom. The molecule has 0 unspecified atom stereocenters. The average Bonchev–Trinajstić information content (AvgIpc) is 3.58. The van der Waals surface area contributed by atoms with Crippen LogP contribution in [-0.2, 0) is 0 Å². The third-order valence-electron chi connectivity index (χ3n) is 9.02. The Morgan fingerprint density at radius 2 is 1.12 bits per heavy atom. The van der Waals surface area contributed by atoms with Crippen LogP contribution in [-0.4, -0.2) is 0 Å². The first-order valence-corrected chi connectivity index (χ1v) is 16.3. The van der Waals surface area contributed by atoms with E-state index >= 15 is 0 Å². The Morgan fingerprint density at radius 1 is 0.535 bits per heavy atom. The van der Waals surface area contributed by atoms with E-state index in [4.69, 9.17) is 0 Å². The van der Waals surface area contributed by atoms with Gasteiger partial charge < -0.3 is 0 Å². The van der Waals surface area contributed by atoms with Gasteiger partial charge in [-0.15, -0.1) is 22.7 Å². The molecule has 2 heteroatoms. The molecule has 2 heterocycles. The Balaban J connectivity index is 1.27. The van der Waals surface area contributed by atoms with Gasteiger partial charge in [0.1, 0.15) is 0 Å². The number of fused-ring (bicyclic) bond motifs is 4. The zero-order valence-corrected chi connectivity index (χ0v) is 25.3. The highest BCUT2D eigenvalue weighted by atomic mass is 32.1. The van der Waals surface area contributed by atoms with E-state index < -0.39 is 0 Å². The van der Waals surface area contributed by atoms with Crippen LogP contribution in [0.1, 0.15) is 10.4 Å². The summed E-state index contributed by atoms with van der Waals surface area (Å²) in [5, 5.41) is 11.9. The molecule has 0 fully saturated rings. The fraction of sp³-hybridized carbons (Fsp3) is 0.0244. The van der Waals surface area contributed by atoms with Crippen molar-refractivity contribution in [3.8, 4) is 22.3 Å². The Bertz CT molecular complexity index is 2590. The minimum absolute atomic E-state index is 1.26. The van der Waals surface area contributed by atoms with Crippen molar-refractivity contribution in [2.24, 2.45) is 0 Å². The smallest absolute Gasteiger partial charge is 0.0355 e. The molecule has 9 rings (SSSR count). The SMILES string of the molecule is C=C/C=C\c1sc2ccc(-c3ccc4ccc5c(-c6ccc7sc8ccccc8c7c6)ccc6ccc3c4c65)cc2c1C. The highest BCUT2D eigenvalue weighted by molar-refractivity contribution is 7.25. The number of thiophene rings is 2. The van der Waals surface area contributed by atoms with E-state index in [1.165, 1.54) is 95.3 Å². The summed E-state index contributed by atoms with van der Waals surface area (Å²) >= 11 is 3.72. The van der Waals surface area contributed by atoms with Crippen molar-refractivity contribution < 1.29 is 0 Å². The molecule has 7 aromatic carbocycles. The molecular weight excluding hydrogens is 557 g/mol. The average molecular weight is 583 g/mol. The van der Waals surface area contributed by atoms with Gasteiger partial charge in [0.25, 0.3) is 0 Å². The molecular formula is C41H26S2. The van der Waals surface area contributed by atoms with E-state index in [1.807, 2.05) is 34.8 Å². The fourth-order valence-corrected chi connectivity index (χ4v) is 9.11. The van der Waals surface area contributed by atoms with Gasteiger partial charge in [-0.05, 0) is 109 Å². The number of aryl methyl sites for hydroxylation is 1. The monoisotopic (exact) mass is 582 g/mol. The van der Waals surface area contributed by atoms with Gasteiger partial charge in [0.2, 0.25) is 0 Å². The zero-order chi connectivity index (χ0) is 28.7. The van der Waals surface area contributed by atoms with Crippen LogP contribution >= 0.6 is 22.7 Å².